The molecule has 4 heteroatoms. The lowest BCUT2D eigenvalue weighted by atomic mass is 9.93. The fourth-order valence-electron chi connectivity index (χ4n) is 1.89. The molecule has 1 rings (SSSR count). The van der Waals surface area contributed by atoms with Crippen molar-refractivity contribution < 1.29 is 0 Å². The van der Waals surface area contributed by atoms with Gasteiger partial charge >= 0.3 is 0 Å². The second kappa shape index (κ2) is 4.77. The second-order valence-corrected chi connectivity index (χ2v) is 3.67. The molecular formula is C11H14N2O2. The lowest BCUT2D eigenvalue weighted by molar-refractivity contribution is 0.957. The summed E-state index contributed by atoms with van der Waals surface area (Å²) in [4.78, 5) is 20.6. The highest BCUT2D eigenvalue weighted by atomic mass is 16.3. The monoisotopic (exact) mass is 206 g/mol. The van der Waals surface area contributed by atoms with Gasteiger partial charge in [0.05, 0.1) is 0 Å². The zero-order chi connectivity index (χ0) is 11.4. The minimum absolute atomic E-state index is 0.157. The molecule has 15 heavy (non-hydrogen) atoms. The molecule has 0 aliphatic carbocycles. The van der Waals surface area contributed by atoms with E-state index in [0.717, 1.165) is 27.8 Å². The molecule has 0 saturated heterocycles. The van der Waals surface area contributed by atoms with E-state index in [2.05, 4.69) is 10.4 Å². The number of nitrogens with zero attached hydrogens (tertiary/aromatic N) is 2. The van der Waals surface area contributed by atoms with Gasteiger partial charge in [0, 0.05) is 0 Å². The minimum Gasteiger partial charge on any atom is -0.150 e. The highest BCUT2D eigenvalue weighted by Crippen LogP contribution is 2.23. The number of nitroso groups, excluding NO2 is 2. The summed E-state index contributed by atoms with van der Waals surface area (Å²) in [7, 11) is 0. The highest BCUT2D eigenvalue weighted by Gasteiger charge is 2.10. The lowest BCUT2D eigenvalue weighted by Gasteiger charge is -2.13. The predicted octanol–water partition coefficient (Wildman–Crippen LogP) is 3.14. The molecule has 0 spiro atoms. The van der Waals surface area contributed by atoms with E-state index in [-0.39, 0.29) is 13.1 Å². The molecule has 0 fully saturated rings. The van der Waals surface area contributed by atoms with Crippen LogP contribution in [-0.2, 0) is 13.1 Å². The van der Waals surface area contributed by atoms with Crippen LogP contribution in [0.5, 0.6) is 0 Å². The van der Waals surface area contributed by atoms with Crippen LogP contribution >= 0.6 is 0 Å². The molecule has 0 N–H and O–H groups in total. The largest absolute Gasteiger partial charge is 0.150 e. The maximum Gasteiger partial charge on any atom is 0.107 e. The minimum atomic E-state index is 0.157. The van der Waals surface area contributed by atoms with Crippen LogP contribution in [0, 0.1) is 30.6 Å². The third-order valence-corrected chi connectivity index (χ3v) is 2.74. The summed E-state index contributed by atoms with van der Waals surface area (Å²) >= 11 is 0. The number of hydrogen-bond acceptors (Lipinski definition) is 4. The fraction of sp³-hybridized carbons (Fsp3) is 0.455. The summed E-state index contributed by atoms with van der Waals surface area (Å²) in [6.45, 7) is 6.10. The molecule has 4 nitrogen and oxygen atoms in total. The van der Waals surface area contributed by atoms with Crippen LogP contribution in [0.1, 0.15) is 27.8 Å². The lowest BCUT2D eigenvalue weighted by Crippen LogP contribution is -2.00. The van der Waals surface area contributed by atoms with E-state index in [4.69, 9.17) is 0 Å². The van der Waals surface area contributed by atoms with Gasteiger partial charge in [0.25, 0.3) is 0 Å². The topological polar surface area (TPSA) is 58.9 Å². The van der Waals surface area contributed by atoms with Gasteiger partial charge in [-0.15, -0.1) is 0 Å². The molecule has 1 aromatic rings. The molecule has 0 unspecified atom stereocenters. The van der Waals surface area contributed by atoms with E-state index in [1.807, 2.05) is 26.8 Å². The predicted molar refractivity (Wildman–Crippen MR) is 59.7 cm³/mol. The Morgan fingerprint density at radius 2 is 1.33 bits per heavy atom. The van der Waals surface area contributed by atoms with Gasteiger partial charge in [-0.05, 0) is 48.6 Å². The first-order chi connectivity index (χ1) is 7.11. The van der Waals surface area contributed by atoms with E-state index in [1.54, 1.807) is 0 Å². The number of rotatable bonds is 4. The zero-order valence-electron chi connectivity index (χ0n) is 9.20. The first kappa shape index (κ1) is 11.5. The van der Waals surface area contributed by atoms with Crippen LogP contribution in [0.2, 0.25) is 0 Å². The fourth-order valence-corrected chi connectivity index (χ4v) is 1.89. The van der Waals surface area contributed by atoms with Crippen LogP contribution in [0.15, 0.2) is 16.4 Å². The van der Waals surface area contributed by atoms with E-state index in [0.29, 0.717) is 0 Å². The Kier molecular flexibility index (Phi) is 3.66. The Morgan fingerprint density at radius 1 is 0.933 bits per heavy atom. The Morgan fingerprint density at radius 3 is 1.67 bits per heavy atom. The summed E-state index contributed by atoms with van der Waals surface area (Å²) in [5.41, 5.74) is 4.87. The Hall–Kier alpha value is -1.58. The van der Waals surface area contributed by atoms with Crippen molar-refractivity contribution >= 4 is 0 Å². The molecule has 0 saturated carbocycles. The van der Waals surface area contributed by atoms with E-state index < -0.39 is 0 Å². The highest BCUT2D eigenvalue weighted by molar-refractivity contribution is 5.44. The molecular weight excluding hydrogens is 192 g/mol. The van der Waals surface area contributed by atoms with Crippen LogP contribution in [0.4, 0.5) is 0 Å². The van der Waals surface area contributed by atoms with E-state index in [1.165, 1.54) is 0 Å². The first-order valence-electron chi connectivity index (χ1n) is 4.78. The average Bonchev–Trinajstić information content (AvgIpc) is 2.19. The molecule has 0 aromatic heterocycles. The summed E-state index contributed by atoms with van der Waals surface area (Å²) in [6.07, 6.45) is 0. The van der Waals surface area contributed by atoms with Crippen molar-refractivity contribution in [2.75, 3.05) is 0 Å². The Bertz CT molecular complexity index is 366. The average molecular weight is 206 g/mol. The Balaban J connectivity index is 3.33. The number of hydrogen-bond donors (Lipinski definition) is 0. The van der Waals surface area contributed by atoms with Gasteiger partial charge in [0.2, 0.25) is 0 Å². The van der Waals surface area contributed by atoms with Gasteiger partial charge in [0.15, 0.2) is 0 Å². The Labute approximate surface area is 88.6 Å². The van der Waals surface area contributed by atoms with Gasteiger partial charge in [-0.25, -0.2) is 0 Å². The molecule has 0 aliphatic rings. The maximum atomic E-state index is 10.3. The quantitative estimate of drug-likeness (QED) is 0.710. The van der Waals surface area contributed by atoms with Crippen LogP contribution < -0.4 is 0 Å². The molecule has 0 radical (unpaired) electrons. The molecule has 0 amide bonds. The molecule has 0 heterocycles. The molecule has 80 valence electrons. The summed E-state index contributed by atoms with van der Waals surface area (Å²) in [5, 5.41) is 5.80. The maximum absolute atomic E-state index is 10.3. The third kappa shape index (κ3) is 2.26. The van der Waals surface area contributed by atoms with Gasteiger partial charge < -0.3 is 0 Å². The van der Waals surface area contributed by atoms with Gasteiger partial charge in [-0.1, -0.05) is 16.4 Å². The van der Waals surface area contributed by atoms with Crippen LogP contribution in [0.25, 0.3) is 0 Å². The van der Waals surface area contributed by atoms with E-state index >= 15 is 0 Å². The van der Waals surface area contributed by atoms with Crippen molar-refractivity contribution in [2.45, 2.75) is 33.9 Å². The molecule has 0 atom stereocenters. The molecule has 0 aliphatic heterocycles. The van der Waals surface area contributed by atoms with Crippen molar-refractivity contribution in [1.29, 1.82) is 0 Å². The summed E-state index contributed by atoms with van der Waals surface area (Å²) in [5.74, 6) is 0. The normalized spacial score (nSPS) is 10.1. The van der Waals surface area contributed by atoms with Crippen molar-refractivity contribution in [3.05, 3.63) is 43.7 Å². The number of benzene rings is 1. The van der Waals surface area contributed by atoms with Gasteiger partial charge in [-0.2, -0.15) is 9.81 Å². The van der Waals surface area contributed by atoms with Gasteiger partial charge in [0.1, 0.15) is 13.1 Å². The number of aryl methyl sites for hydroxylation is 2. The summed E-state index contributed by atoms with van der Waals surface area (Å²) in [6, 6.07) is 1.97. The van der Waals surface area contributed by atoms with Crippen LogP contribution in [-0.4, -0.2) is 0 Å². The zero-order valence-corrected chi connectivity index (χ0v) is 9.20. The van der Waals surface area contributed by atoms with Crippen molar-refractivity contribution in [1.82, 2.24) is 0 Å². The van der Waals surface area contributed by atoms with Crippen LogP contribution in [0.3, 0.4) is 0 Å². The van der Waals surface area contributed by atoms with Crippen molar-refractivity contribution in [2.24, 2.45) is 10.4 Å². The smallest absolute Gasteiger partial charge is 0.107 e. The molecule has 1 aromatic carbocycles. The second-order valence-electron chi connectivity index (χ2n) is 3.67. The molecule has 0 bridgehead atoms. The third-order valence-electron chi connectivity index (χ3n) is 2.74. The van der Waals surface area contributed by atoms with Crippen molar-refractivity contribution in [3.8, 4) is 0 Å². The standard InChI is InChI=1S/C11H14N2O2/c1-7-4-8(2)11(6-13-15)9(3)10(7)5-12-14/h4H,5-6H2,1-3H3. The van der Waals surface area contributed by atoms with Crippen molar-refractivity contribution in [3.63, 3.8) is 0 Å². The SMILES string of the molecule is Cc1cc(C)c(CN=O)c(C)c1CN=O. The summed E-state index contributed by atoms with van der Waals surface area (Å²) < 4.78 is 0. The first-order valence-corrected chi connectivity index (χ1v) is 4.78. The van der Waals surface area contributed by atoms with E-state index in [9.17, 15) is 9.81 Å². The van der Waals surface area contributed by atoms with Gasteiger partial charge in [-0.3, -0.25) is 0 Å².